The SMILES string of the molecule is CN(Cc1ccc(Cl)s1)Cc1ccc(CN)cc1F. The first-order valence-electron chi connectivity index (χ1n) is 5.98. The second kappa shape index (κ2) is 6.48. The Labute approximate surface area is 121 Å². The highest BCUT2D eigenvalue weighted by Crippen LogP contribution is 2.23. The van der Waals surface area contributed by atoms with Crippen molar-refractivity contribution in [2.24, 2.45) is 5.73 Å². The summed E-state index contributed by atoms with van der Waals surface area (Å²) in [6.45, 7) is 1.68. The first kappa shape index (κ1) is 14.5. The molecule has 0 aliphatic rings. The Morgan fingerprint density at radius 1 is 1.26 bits per heavy atom. The molecule has 0 aliphatic carbocycles. The van der Waals surface area contributed by atoms with Gasteiger partial charge in [-0.2, -0.15) is 0 Å². The Kier molecular flexibility index (Phi) is 4.93. The van der Waals surface area contributed by atoms with Crippen LogP contribution >= 0.6 is 22.9 Å². The summed E-state index contributed by atoms with van der Waals surface area (Å²) in [5, 5.41) is 0. The molecule has 2 rings (SSSR count). The Bertz CT molecular complexity index is 556. The summed E-state index contributed by atoms with van der Waals surface area (Å²) in [6.07, 6.45) is 0. The maximum Gasteiger partial charge on any atom is 0.128 e. The Balaban J connectivity index is 2.00. The van der Waals surface area contributed by atoms with Gasteiger partial charge >= 0.3 is 0 Å². The van der Waals surface area contributed by atoms with Crippen LogP contribution in [0.4, 0.5) is 4.39 Å². The molecule has 0 aliphatic heterocycles. The van der Waals surface area contributed by atoms with Crippen LogP contribution in [-0.4, -0.2) is 11.9 Å². The van der Waals surface area contributed by atoms with Crippen molar-refractivity contribution in [2.45, 2.75) is 19.6 Å². The minimum Gasteiger partial charge on any atom is -0.326 e. The van der Waals surface area contributed by atoms with Crippen molar-refractivity contribution in [3.63, 3.8) is 0 Å². The fourth-order valence-electron chi connectivity index (χ4n) is 1.90. The molecule has 5 heteroatoms. The molecular weight excluding hydrogens is 283 g/mol. The highest BCUT2D eigenvalue weighted by molar-refractivity contribution is 7.16. The second-order valence-electron chi connectivity index (χ2n) is 4.51. The Hall–Kier alpha value is -0.940. The lowest BCUT2D eigenvalue weighted by Gasteiger charge is -2.16. The molecule has 1 aromatic carbocycles. The van der Waals surface area contributed by atoms with Crippen LogP contribution in [0.2, 0.25) is 4.34 Å². The van der Waals surface area contributed by atoms with Crippen molar-refractivity contribution in [2.75, 3.05) is 7.05 Å². The number of halogens is 2. The van der Waals surface area contributed by atoms with Gasteiger partial charge in [0.15, 0.2) is 0 Å². The van der Waals surface area contributed by atoms with Crippen molar-refractivity contribution >= 4 is 22.9 Å². The van der Waals surface area contributed by atoms with Gasteiger partial charge in [0.25, 0.3) is 0 Å². The number of nitrogens with zero attached hydrogens (tertiary/aromatic N) is 1. The monoisotopic (exact) mass is 298 g/mol. The molecule has 0 unspecified atom stereocenters. The Morgan fingerprint density at radius 3 is 2.63 bits per heavy atom. The van der Waals surface area contributed by atoms with E-state index in [2.05, 4.69) is 4.90 Å². The number of hydrogen-bond acceptors (Lipinski definition) is 3. The van der Waals surface area contributed by atoms with E-state index in [1.54, 1.807) is 17.4 Å². The van der Waals surface area contributed by atoms with E-state index in [-0.39, 0.29) is 5.82 Å². The zero-order valence-electron chi connectivity index (χ0n) is 10.7. The lowest BCUT2D eigenvalue weighted by molar-refractivity contribution is 0.316. The average Bonchev–Trinajstić information content (AvgIpc) is 2.77. The summed E-state index contributed by atoms with van der Waals surface area (Å²) in [4.78, 5) is 3.23. The standard InChI is InChI=1S/C14H16ClFN2S/c1-18(9-12-4-5-14(15)19-12)8-11-3-2-10(7-17)6-13(11)16/h2-6H,7-9,17H2,1H3. The molecule has 2 aromatic rings. The third-order valence-electron chi connectivity index (χ3n) is 2.85. The largest absolute Gasteiger partial charge is 0.326 e. The number of rotatable bonds is 5. The van der Waals surface area contributed by atoms with Gasteiger partial charge in [-0.05, 0) is 30.8 Å². The van der Waals surface area contributed by atoms with Gasteiger partial charge in [-0.15, -0.1) is 11.3 Å². The van der Waals surface area contributed by atoms with Crippen molar-refractivity contribution in [3.8, 4) is 0 Å². The molecule has 1 heterocycles. The average molecular weight is 299 g/mol. The molecule has 19 heavy (non-hydrogen) atoms. The van der Waals surface area contributed by atoms with E-state index in [9.17, 15) is 4.39 Å². The first-order valence-corrected chi connectivity index (χ1v) is 7.18. The summed E-state index contributed by atoms with van der Waals surface area (Å²) in [5.74, 6) is -0.195. The van der Waals surface area contributed by atoms with Gasteiger partial charge in [0.05, 0.1) is 4.34 Å². The molecule has 0 amide bonds. The predicted molar refractivity (Wildman–Crippen MR) is 78.8 cm³/mol. The van der Waals surface area contributed by atoms with Crippen LogP contribution in [-0.2, 0) is 19.6 Å². The zero-order valence-corrected chi connectivity index (χ0v) is 12.3. The highest BCUT2D eigenvalue weighted by atomic mass is 35.5. The number of benzene rings is 1. The Morgan fingerprint density at radius 2 is 2.05 bits per heavy atom. The third-order valence-corrected chi connectivity index (χ3v) is 4.06. The number of nitrogens with two attached hydrogens (primary N) is 1. The first-order chi connectivity index (χ1) is 9.08. The summed E-state index contributed by atoms with van der Waals surface area (Å²) in [5.41, 5.74) is 6.98. The molecule has 0 radical (unpaired) electrons. The van der Waals surface area contributed by atoms with Crippen molar-refractivity contribution in [3.05, 3.63) is 56.5 Å². The third kappa shape index (κ3) is 4.01. The van der Waals surface area contributed by atoms with Crippen LogP contribution in [0, 0.1) is 5.82 Å². The molecule has 0 bridgehead atoms. The summed E-state index contributed by atoms with van der Waals surface area (Å²) >= 11 is 7.44. The van der Waals surface area contributed by atoms with Gasteiger partial charge in [0.1, 0.15) is 5.82 Å². The molecule has 2 N–H and O–H groups in total. The fourth-order valence-corrected chi connectivity index (χ4v) is 3.06. The van der Waals surface area contributed by atoms with Gasteiger partial charge in [-0.3, -0.25) is 4.90 Å². The van der Waals surface area contributed by atoms with Gasteiger partial charge in [-0.25, -0.2) is 4.39 Å². The number of hydrogen-bond donors (Lipinski definition) is 1. The van der Waals surface area contributed by atoms with E-state index in [0.29, 0.717) is 18.7 Å². The second-order valence-corrected chi connectivity index (χ2v) is 6.31. The summed E-state index contributed by atoms with van der Waals surface area (Å²) in [6, 6.07) is 9.05. The van der Waals surface area contributed by atoms with Crippen molar-refractivity contribution < 1.29 is 4.39 Å². The molecule has 0 fully saturated rings. The molecular formula is C14H16ClFN2S. The predicted octanol–water partition coefficient (Wildman–Crippen LogP) is 3.63. The van der Waals surface area contributed by atoms with E-state index >= 15 is 0 Å². The highest BCUT2D eigenvalue weighted by Gasteiger charge is 2.08. The lowest BCUT2D eigenvalue weighted by Crippen LogP contribution is -2.17. The van der Waals surface area contributed by atoms with E-state index < -0.39 is 0 Å². The molecule has 0 atom stereocenters. The summed E-state index contributed by atoms with van der Waals surface area (Å²) < 4.78 is 14.6. The van der Waals surface area contributed by atoms with Gasteiger partial charge in [0.2, 0.25) is 0 Å². The minimum atomic E-state index is -0.195. The van der Waals surface area contributed by atoms with Crippen LogP contribution in [0.1, 0.15) is 16.0 Å². The van der Waals surface area contributed by atoms with Crippen LogP contribution < -0.4 is 5.73 Å². The molecule has 2 nitrogen and oxygen atoms in total. The quantitative estimate of drug-likeness (QED) is 0.913. The van der Waals surface area contributed by atoms with Crippen LogP contribution in [0.3, 0.4) is 0 Å². The molecule has 0 saturated heterocycles. The summed E-state index contributed by atoms with van der Waals surface area (Å²) in [7, 11) is 1.96. The van der Waals surface area contributed by atoms with Crippen LogP contribution in [0.15, 0.2) is 30.3 Å². The van der Waals surface area contributed by atoms with Gasteiger partial charge in [0, 0.05) is 30.1 Å². The topological polar surface area (TPSA) is 29.3 Å². The van der Waals surface area contributed by atoms with E-state index in [0.717, 1.165) is 16.4 Å². The van der Waals surface area contributed by atoms with Crippen LogP contribution in [0.25, 0.3) is 0 Å². The number of thiophene rings is 1. The normalized spacial score (nSPS) is 11.2. The molecule has 102 valence electrons. The van der Waals surface area contributed by atoms with E-state index in [4.69, 9.17) is 17.3 Å². The molecule has 0 saturated carbocycles. The molecule has 1 aromatic heterocycles. The lowest BCUT2D eigenvalue weighted by atomic mass is 10.1. The molecule has 0 spiro atoms. The van der Waals surface area contributed by atoms with Crippen molar-refractivity contribution in [1.82, 2.24) is 4.90 Å². The maximum atomic E-state index is 13.8. The zero-order chi connectivity index (χ0) is 13.8. The van der Waals surface area contributed by atoms with E-state index in [1.165, 1.54) is 10.9 Å². The van der Waals surface area contributed by atoms with Crippen LogP contribution in [0.5, 0.6) is 0 Å². The van der Waals surface area contributed by atoms with Gasteiger partial charge in [-0.1, -0.05) is 23.7 Å². The van der Waals surface area contributed by atoms with Crippen molar-refractivity contribution in [1.29, 1.82) is 0 Å². The van der Waals surface area contributed by atoms with Gasteiger partial charge < -0.3 is 5.73 Å². The smallest absolute Gasteiger partial charge is 0.128 e. The maximum absolute atomic E-state index is 13.8. The minimum absolute atomic E-state index is 0.195. The van der Waals surface area contributed by atoms with E-state index in [1.807, 2.05) is 25.2 Å². The fraction of sp³-hybridized carbons (Fsp3) is 0.286.